The molecule has 0 unspecified atom stereocenters. The molecule has 1 saturated carbocycles. The van der Waals surface area contributed by atoms with Crippen molar-refractivity contribution in [2.24, 2.45) is 29.2 Å². The number of carbonyl (C=O) groups is 2. The quantitative estimate of drug-likeness (QED) is 0.694. The summed E-state index contributed by atoms with van der Waals surface area (Å²) in [5, 5.41) is 3.08. The molecule has 1 saturated heterocycles. The van der Waals surface area contributed by atoms with Crippen molar-refractivity contribution in [2.45, 2.75) is 38.6 Å². The minimum atomic E-state index is -0.218. The molecular weight excluding hydrogens is 330 g/mol. The van der Waals surface area contributed by atoms with Crippen molar-refractivity contribution in [3.63, 3.8) is 0 Å². The smallest absolute Gasteiger partial charge is 0.223 e. The molecule has 2 amide bonds. The number of piperidine rings is 1. The summed E-state index contributed by atoms with van der Waals surface area (Å²) in [5.41, 5.74) is 12.2. The van der Waals surface area contributed by atoms with Crippen molar-refractivity contribution in [1.29, 1.82) is 0 Å². The first-order chi connectivity index (χ1) is 12.6. The topological polar surface area (TPSA) is 114 Å². The lowest BCUT2D eigenvalue weighted by atomic mass is 9.95. The van der Waals surface area contributed by atoms with E-state index in [4.69, 9.17) is 11.5 Å². The third-order valence-electron chi connectivity index (χ3n) is 5.82. The number of hydrogen-bond donors (Lipinski definition) is 3. The standard InChI is InChI=1S/C19H29N5O2/c20-11-14-3-1-5-16(14)19(26)23-12-15-4-2-8-22-18(15)24-9-6-13(7-10-24)17(21)25/h2,4,8,13-14,16H,1,3,5-7,9-12,20H2,(H2,21,25)(H,23,26)/t14-,16-/m1/s1. The Labute approximate surface area is 154 Å². The molecule has 7 nitrogen and oxygen atoms in total. The normalized spacial score (nSPS) is 23.8. The third kappa shape index (κ3) is 4.15. The first-order valence-electron chi connectivity index (χ1n) is 9.56. The summed E-state index contributed by atoms with van der Waals surface area (Å²) in [7, 11) is 0. The van der Waals surface area contributed by atoms with E-state index in [0.717, 1.165) is 56.6 Å². The first-order valence-corrected chi connectivity index (χ1v) is 9.56. The average Bonchev–Trinajstić information content (AvgIpc) is 3.15. The molecule has 2 fully saturated rings. The number of nitrogens with one attached hydrogen (secondary N) is 1. The van der Waals surface area contributed by atoms with E-state index >= 15 is 0 Å². The number of nitrogens with zero attached hydrogens (tertiary/aromatic N) is 2. The Bertz CT molecular complexity index is 643. The van der Waals surface area contributed by atoms with Crippen LogP contribution in [-0.4, -0.2) is 36.4 Å². The van der Waals surface area contributed by atoms with Gasteiger partial charge in [-0.3, -0.25) is 9.59 Å². The van der Waals surface area contributed by atoms with E-state index in [9.17, 15) is 9.59 Å². The molecule has 2 atom stereocenters. The highest BCUT2D eigenvalue weighted by molar-refractivity contribution is 5.79. The minimum absolute atomic E-state index is 0.0337. The van der Waals surface area contributed by atoms with E-state index < -0.39 is 0 Å². The van der Waals surface area contributed by atoms with E-state index in [1.165, 1.54) is 0 Å². The van der Waals surface area contributed by atoms with Gasteiger partial charge < -0.3 is 21.7 Å². The fourth-order valence-electron chi connectivity index (χ4n) is 4.21. The van der Waals surface area contributed by atoms with Crippen LogP contribution in [0.25, 0.3) is 0 Å². The predicted molar refractivity (Wildman–Crippen MR) is 100 cm³/mol. The van der Waals surface area contributed by atoms with Gasteiger partial charge in [-0.15, -0.1) is 0 Å². The Morgan fingerprint density at radius 2 is 2.00 bits per heavy atom. The Hall–Kier alpha value is -2.15. The van der Waals surface area contributed by atoms with Crippen LogP contribution in [0.5, 0.6) is 0 Å². The molecule has 1 aromatic heterocycles. The average molecular weight is 359 g/mol. The van der Waals surface area contributed by atoms with Gasteiger partial charge in [0.15, 0.2) is 0 Å². The van der Waals surface area contributed by atoms with Gasteiger partial charge in [0.25, 0.3) is 0 Å². The van der Waals surface area contributed by atoms with E-state index in [1.807, 2.05) is 12.1 Å². The number of rotatable bonds is 6. The molecule has 0 bridgehead atoms. The van der Waals surface area contributed by atoms with Crippen LogP contribution < -0.4 is 21.7 Å². The lowest BCUT2D eigenvalue weighted by Crippen LogP contribution is -2.40. The van der Waals surface area contributed by atoms with Gasteiger partial charge in [0.2, 0.25) is 11.8 Å². The van der Waals surface area contributed by atoms with Crippen LogP contribution in [0.15, 0.2) is 18.3 Å². The molecule has 142 valence electrons. The zero-order valence-corrected chi connectivity index (χ0v) is 15.2. The van der Waals surface area contributed by atoms with Gasteiger partial charge in [-0.1, -0.05) is 12.5 Å². The molecule has 1 aliphatic heterocycles. The zero-order chi connectivity index (χ0) is 18.5. The highest BCUT2D eigenvalue weighted by atomic mass is 16.2. The molecule has 26 heavy (non-hydrogen) atoms. The van der Waals surface area contributed by atoms with Crippen molar-refractivity contribution in [1.82, 2.24) is 10.3 Å². The first kappa shape index (κ1) is 18.6. The largest absolute Gasteiger partial charge is 0.369 e. The van der Waals surface area contributed by atoms with Gasteiger partial charge in [0.1, 0.15) is 5.82 Å². The second-order valence-corrected chi connectivity index (χ2v) is 7.40. The summed E-state index contributed by atoms with van der Waals surface area (Å²) in [6.45, 7) is 2.55. The fraction of sp³-hybridized carbons (Fsp3) is 0.632. The summed E-state index contributed by atoms with van der Waals surface area (Å²) >= 11 is 0. The fourth-order valence-corrected chi connectivity index (χ4v) is 4.21. The highest BCUT2D eigenvalue weighted by Crippen LogP contribution is 2.31. The number of pyridine rings is 1. The maximum atomic E-state index is 12.5. The SMILES string of the molecule is NC[C@H]1CCC[C@H]1C(=O)NCc1cccnc1N1CCC(C(N)=O)CC1. The van der Waals surface area contributed by atoms with Gasteiger partial charge in [0, 0.05) is 43.2 Å². The zero-order valence-electron chi connectivity index (χ0n) is 15.2. The second kappa shape index (κ2) is 8.49. The number of anilines is 1. The second-order valence-electron chi connectivity index (χ2n) is 7.40. The van der Waals surface area contributed by atoms with Crippen LogP contribution in [0.3, 0.4) is 0 Å². The van der Waals surface area contributed by atoms with Crippen LogP contribution in [0.2, 0.25) is 0 Å². The highest BCUT2D eigenvalue weighted by Gasteiger charge is 2.32. The molecule has 7 heteroatoms. The van der Waals surface area contributed by atoms with Gasteiger partial charge in [-0.05, 0) is 44.2 Å². The minimum Gasteiger partial charge on any atom is -0.369 e. The molecule has 2 aliphatic rings. The number of primary amides is 1. The number of nitrogens with two attached hydrogens (primary N) is 2. The monoisotopic (exact) mass is 359 g/mol. The summed E-state index contributed by atoms with van der Waals surface area (Å²) in [6.07, 6.45) is 6.31. The number of carbonyl (C=O) groups excluding carboxylic acids is 2. The molecule has 3 rings (SSSR count). The summed E-state index contributed by atoms with van der Waals surface area (Å²) < 4.78 is 0. The van der Waals surface area contributed by atoms with E-state index in [-0.39, 0.29) is 23.7 Å². The van der Waals surface area contributed by atoms with Crippen molar-refractivity contribution >= 4 is 17.6 Å². The maximum absolute atomic E-state index is 12.5. The Morgan fingerprint density at radius 1 is 1.23 bits per heavy atom. The van der Waals surface area contributed by atoms with Crippen LogP contribution >= 0.6 is 0 Å². The van der Waals surface area contributed by atoms with E-state index in [2.05, 4.69) is 15.2 Å². The molecule has 1 aliphatic carbocycles. The molecule has 1 aromatic rings. The molecule has 0 spiro atoms. The van der Waals surface area contributed by atoms with E-state index in [1.54, 1.807) is 6.20 Å². The molecular formula is C19H29N5O2. The Kier molecular flexibility index (Phi) is 6.08. The molecule has 0 radical (unpaired) electrons. The van der Waals surface area contributed by atoms with Crippen molar-refractivity contribution in [3.05, 3.63) is 23.9 Å². The van der Waals surface area contributed by atoms with Crippen LogP contribution in [0.4, 0.5) is 5.82 Å². The Balaban J connectivity index is 1.61. The van der Waals surface area contributed by atoms with Crippen molar-refractivity contribution < 1.29 is 9.59 Å². The summed E-state index contributed by atoms with van der Waals surface area (Å²) in [5.74, 6) is 1.05. The molecule has 5 N–H and O–H groups in total. The maximum Gasteiger partial charge on any atom is 0.223 e. The van der Waals surface area contributed by atoms with Crippen LogP contribution in [-0.2, 0) is 16.1 Å². The summed E-state index contributed by atoms with van der Waals surface area (Å²) in [6, 6.07) is 3.89. The predicted octanol–water partition coefficient (Wildman–Crippen LogP) is 0.775. The van der Waals surface area contributed by atoms with Gasteiger partial charge in [-0.25, -0.2) is 4.98 Å². The van der Waals surface area contributed by atoms with Gasteiger partial charge >= 0.3 is 0 Å². The van der Waals surface area contributed by atoms with Gasteiger partial charge in [0.05, 0.1) is 0 Å². The number of hydrogen-bond acceptors (Lipinski definition) is 5. The lowest BCUT2D eigenvalue weighted by molar-refractivity contribution is -0.126. The number of amides is 2. The summed E-state index contributed by atoms with van der Waals surface area (Å²) in [4.78, 5) is 30.6. The molecule has 0 aromatic carbocycles. The van der Waals surface area contributed by atoms with Crippen molar-refractivity contribution in [3.8, 4) is 0 Å². The van der Waals surface area contributed by atoms with Crippen LogP contribution in [0, 0.1) is 17.8 Å². The lowest BCUT2D eigenvalue weighted by Gasteiger charge is -2.32. The van der Waals surface area contributed by atoms with Gasteiger partial charge in [-0.2, -0.15) is 0 Å². The number of aromatic nitrogens is 1. The van der Waals surface area contributed by atoms with Crippen molar-refractivity contribution in [2.75, 3.05) is 24.5 Å². The Morgan fingerprint density at radius 3 is 2.69 bits per heavy atom. The van der Waals surface area contributed by atoms with E-state index in [0.29, 0.717) is 19.0 Å². The van der Waals surface area contributed by atoms with Crippen LogP contribution in [0.1, 0.15) is 37.7 Å². The molecule has 2 heterocycles. The third-order valence-corrected chi connectivity index (χ3v) is 5.82.